The van der Waals surface area contributed by atoms with Gasteiger partial charge in [-0.2, -0.15) is 13.2 Å². The van der Waals surface area contributed by atoms with Crippen molar-refractivity contribution >= 4 is 22.3 Å². The van der Waals surface area contributed by atoms with Crippen molar-refractivity contribution in [2.75, 3.05) is 36.5 Å². The van der Waals surface area contributed by atoms with Crippen molar-refractivity contribution in [3.63, 3.8) is 0 Å². The third kappa shape index (κ3) is 4.34. The van der Waals surface area contributed by atoms with Crippen molar-refractivity contribution in [3.8, 4) is 0 Å². The monoisotopic (exact) mass is 397 g/mol. The highest BCUT2D eigenvalue weighted by Crippen LogP contribution is 2.43. The number of pyridine rings is 1. The molecule has 1 saturated heterocycles. The van der Waals surface area contributed by atoms with E-state index < -0.39 is 11.7 Å². The van der Waals surface area contributed by atoms with Gasteiger partial charge in [0.15, 0.2) is 0 Å². The first-order valence-electron chi connectivity index (χ1n) is 9.23. The van der Waals surface area contributed by atoms with E-state index in [2.05, 4.69) is 20.1 Å². The number of alkyl halides is 3. The van der Waals surface area contributed by atoms with E-state index in [1.165, 1.54) is 19.0 Å². The normalized spacial score (nSPS) is 18.7. The molecular weight excluding hydrogens is 375 g/mol. The van der Waals surface area contributed by atoms with E-state index in [-0.39, 0.29) is 0 Å². The second kappa shape index (κ2) is 7.26. The van der Waals surface area contributed by atoms with E-state index >= 15 is 0 Å². The Morgan fingerprint density at radius 2 is 1.93 bits per heavy atom. The lowest BCUT2D eigenvalue weighted by atomic mass is 9.96. The van der Waals surface area contributed by atoms with Crippen molar-refractivity contribution in [3.05, 3.63) is 28.9 Å². The van der Waals surface area contributed by atoms with Crippen molar-refractivity contribution in [2.45, 2.75) is 37.8 Å². The van der Waals surface area contributed by atoms with Gasteiger partial charge < -0.3 is 9.80 Å². The molecule has 1 saturated carbocycles. The van der Waals surface area contributed by atoms with Gasteiger partial charge in [0, 0.05) is 38.8 Å². The summed E-state index contributed by atoms with van der Waals surface area (Å²) < 4.78 is 38.7. The van der Waals surface area contributed by atoms with E-state index in [4.69, 9.17) is 0 Å². The van der Waals surface area contributed by atoms with Gasteiger partial charge >= 0.3 is 6.18 Å². The molecule has 3 heterocycles. The molecule has 0 aromatic carbocycles. The summed E-state index contributed by atoms with van der Waals surface area (Å²) in [6.07, 6.45) is 1.32. The Balaban J connectivity index is 1.32. The van der Waals surface area contributed by atoms with Crippen LogP contribution in [0.4, 0.5) is 24.1 Å². The SMILES string of the molecule is CN(CC1CCN(c2nnc(C3CC3)s2)CC1)c1cc(C(F)(F)F)ccn1. The molecule has 1 aliphatic carbocycles. The molecule has 0 radical (unpaired) electrons. The highest BCUT2D eigenvalue weighted by Gasteiger charge is 2.32. The van der Waals surface area contributed by atoms with Gasteiger partial charge in [-0.1, -0.05) is 11.3 Å². The number of piperidine rings is 1. The largest absolute Gasteiger partial charge is 0.416 e. The molecule has 2 aromatic rings. The molecule has 0 spiro atoms. The maximum absolute atomic E-state index is 12.9. The van der Waals surface area contributed by atoms with Gasteiger partial charge in [0.1, 0.15) is 10.8 Å². The Bertz CT molecular complexity index is 781. The van der Waals surface area contributed by atoms with Crippen LogP contribution in [-0.4, -0.2) is 41.9 Å². The molecule has 0 amide bonds. The summed E-state index contributed by atoms with van der Waals surface area (Å²) in [6.45, 7) is 2.52. The summed E-state index contributed by atoms with van der Waals surface area (Å²) in [6, 6.07) is 2.13. The Kier molecular flexibility index (Phi) is 4.96. The smallest absolute Gasteiger partial charge is 0.359 e. The van der Waals surface area contributed by atoms with E-state index in [1.807, 2.05) is 11.9 Å². The molecule has 146 valence electrons. The maximum atomic E-state index is 12.9. The van der Waals surface area contributed by atoms with E-state index in [9.17, 15) is 13.2 Å². The number of rotatable bonds is 5. The molecule has 4 rings (SSSR count). The zero-order valence-corrected chi connectivity index (χ0v) is 15.9. The van der Waals surface area contributed by atoms with Crippen LogP contribution in [0.15, 0.2) is 18.3 Å². The number of aromatic nitrogens is 3. The van der Waals surface area contributed by atoms with Gasteiger partial charge in [0.2, 0.25) is 5.13 Å². The van der Waals surface area contributed by atoms with Gasteiger partial charge in [0.25, 0.3) is 0 Å². The van der Waals surface area contributed by atoms with Crippen molar-refractivity contribution in [1.82, 2.24) is 15.2 Å². The molecule has 2 aliphatic rings. The molecule has 0 atom stereocenters. The van der Waals surface area contributed by atoms with Crippen LogP contribution in [0.5, 0.6) is 0 Å². The quantitative estimate of drug-likeness (QED) is 0.757. The summed E-state index contributed by atoms with van der Waals surface area (Å²) in [5, 5.41) is 10.8. The molecule has 0 unspecified atom stereocenters. The lowest BCUT2D eigenvalue weighted by Gasteiger charge is -2.33. The number of hydrogen-bond acceptors (Lipinski definition) is 6. The van der Waals surface area contributed by atoms with Crippen molar-refractivity contribution in [2.24, 2.45) is 5.92 Å². The molecule has 9 heteroatoms. The first-order valence-corrected chi connectivity index (χ1v) is 10.0. The maximum Gasteiger partial charge on any atom is 0.416 e. The number of halogens is 3. The minimum atomic E-state index is -4.34. The van der Waals surface area contributed by atoms with E-state index in [0.717, 1.165) is 48.2 Å². The topological polar surface area (TPSA) is 45.2 Å². The molecule has 0 bridgehead atoms. The summed E-state index contributed by atoms with van der Waals surface area (Å²) in [7, 11) is 1.81. The van der Waals surface area contributed by atoms with Crippen LogP contribution in [-0.2, 0) is 6.18 Å². The van der Waals surface area contributed by atoms with Crippen LogP contribution in [0.1, 0.15) is 42.2 Å². The molecule has 0 N–H and O–H groups in total. The van der Waals surface area contributed by atoms with E-state index in [0.29, 0.717) is 24.2 Å². The average molecular weight is 397 g/mol. The Morgan fingerprint density at radius 1 is 1.19 bits per heavy atom. The second-order valence-corrected chi connectivity index (χ2v) is 8.40. The van der Waals surface area contributed by atoms with Crippen LogP contribution in [0.2, 0.25) is 0 Å². The van der Waals surface area contributed by atoms with Gasteiger partial charge in [-0.05, 0) is 43.7 Å². The average Bonchev–Trinajstić information content (AvgIpc) is 3.39. The standard InChI is InChI=1S/C18H22F3N5S/c1-25(15-10-14(4-7-22-15)18(19,20)21)11-12-5-8-26(9-6-12)17-24-23-16(27-17)13-2-3-13/h4,7,10,12-13H,2-3,5-6,8-9,11H2,1H3. The van der Waals surface area contributed by atoms with Gasteiger partial charge in [-0.3, -0.25) is 0 Å². The summed E-state index contributed by atoms with van der Waals surface area (Å²) >= 11 is 1.70. The number of nitrogens with zero attached hydrogens (tertiary/aromatic N) is 5. The summed E-state index contributed by atoms with van der Waals surface area (Å²) in [4.78, 5) is 8.21. The third-order valence-corrected chi connectivity index (χ3v) is 6.38. The first kappa shape index (κ1) is 18.5. The fraction of sp³-hybridized carbons (Fsp3) is 0.611. The first-order chi connectivity index (χ1) is 12.9. The fourth-order valence-electron chi connectivity index (χ4n) is 3.44. The molecule has 2 fully saturated rings. The van der Waals surface area contributed by atoms with Gasteiger partial charge in [0.05, 0.1) is 5.56 Å². The molecule has 5 nitrogen and oxygen atoms in total. The highest BCUT2D eigenvalue weighted by molar-refractivity contribution is 7.15. The second-order valence-electron chi connectivity index (χ2n) is 7.41. The molecule has 1 aliphatic heterocycles. The lowest BCUT2D eigenvalue weighted by Crippen LogP contribution is -2.38. The highest BCUT2D eigenvalue weighted by atomic mass is 32.1. The van der Waals surface area contributed by atoms with Gasteiger partial charge in [-0.25, -0.2) is 4.98 Å². The number of hydrogen-bond donors (Lipinski definition) is 0. The Labute approximate surface area is 160 Å². The minimum Gasteiger partial charge on any atom is -0.359 e. The molecule has 2 aromatic heterocycles. The van der Waals surface area contributed by atoms with Crippen LogP contribution in [0.25, 0.3) is 0 Å². The van der Waals surface area contributed by atoms with Crippen LogP contribution in [0, 0.1) is 5.92 Å². The Hall–Kier alpha value is -1.90. The molecular formula is C18H22F3N5S. The van der Waals surface area contributed by atoms with E-state index in [1.54, 1.807) is 11.3 Å². The fourth-order valence-corrected chi connectivity index (χ4v) is 4.50. The van der Waals surface area contributed by atoms with Crippen molar-refractivity contribution in [1.29, 1.82) is 0 Å². The third-order valence-electron chi connectivity index (χ3n) is 5.24. The van der Waals surface area contributed by atoms with Gasteiger partial charge in [-0.15, -0.1) is 10.2 Å². The lowest BCUT2D eigenvalue weighted by molar-refractivity contribution is -0.137. The summed E-state index contributed by atoms with van der Waals surface area (Å²) in [5.74, 6) is 1.42. The predicted molar refractivity (Wildman–Crippen MR) is 99.3 cm³/mol. The zero-order valence-electron chi connectivity index (χ0n) is 15.1. The predicted octanol–water partition coefficient (Wildman–Crippen LogP) is 4.18. The van der Waals surface area contributed by atoms with Crippen LogP contribution < -0.4 is 9.80 Å². The Morgan fingerprint density at radius 3 is 2.59 bits per heavy atom. The minimum absolute atomic E-state index is 0.366. The van der Waals surface area contributed by atoms with Crippen LogP contribution in [0.3, 0.4) is 0 Å². The number of anilines is 2. The molecule has 27 heavy (non-hydrogen) atoms. The zero-order chi connectivity index (χ0) is 19.0. The summed E-state index contributed by atoms with van der Waals surface area (Å²) in [5.41, 5.74) is -0.656. The van der Waals surface area contributed by atoms with Crippen LogP contribution >= 0.6 is 11.3 Å². The van der Waals surface area contributed by atoms with Crippen molar-refractivity contribution < 1.29 is 13.2 Å².